The van der Waals surface area contributed by atoms with Crippen LogP contribution >= 0.6 is 0 Å². The van der Waals surface area contributed by atoms with Crippen molar-refractivity contribution in [3.63, 3.8) is 0 Å². The predicted octanol–water partition coefficient (Wildman–Crippen LogP) is 5.68. The highest BCUT2D eigenvalue weighted by molar-refractivity contribution is 6.42. The normalized spacial score (nSPS) is 14.4. The van der Waals surface area contributed by atoms with Crippen LogP contribution in [-0.4, -0.2) is 29.4 Å². The van der Waals surface area contributed by atoms with Crippen molar-refractivity contribution in [2.24, 2.45) is 0 Å². The smallest absolute Gasteiger partial charge is 0.265 e. The third-order valence-corrected chi connectivity index (χ3v) is 7.00. The first kappa shape index (κ1) is 23.2. The first-order valence-corrected chi connectivity index (χ1v) is 11.9. The van der Waals surface area contributed by atoms with E-state index in [1.165, 1.54) is 37.3 Å². The van der Waals surface area contributed by atoms with Crippen molar-refractivity contribution in [1.82, 2.24) is 0 Å². The molecule has 0 spiro atoms. The molecule has 0 saturated heterocycles. The lowest BCUT2D eigenvalue weighted by atomic mass is 9.85. The first-order valence-electron chi connectivity index (χ1n) is 11.9. The van der Waals surface area contributed by atoms with E-state index in [1.807, 2.05) is 13.0 Å². The second-order valence-electron chi connectivity index (χ2n) is 9.40. The Morgan fingerprint density at radius 2 is 0.947 bits per heavy atom. The highest BCUT2D eigenvalue weighted by Gasteiger charge is 2.40. The molecule has 0 fully saturated rings. The van der Waals surface area contributed by atoms with Gasteiger partial charge >= 0.3 is 0 Å². The van der Waals surface area contributed by atoms with E-state index in [4.69, 9.17) is 0 Å². The van der Waals surface area contributed by atoms with Crippen LogP contribution in [0.4, 0.5) is 11.4 Å². The van der Waals surface area contributed by atoms with Gasteiger partial charge in [0.05, 0.1) is 11.4 Å². The minimum atomic E-state index is -0.594. The zero-order valence-corrected chi connectivity index (χ0v) is 20.6. The van der Waals surface area contributed by atoms with Gasteiger partial charge in [-0.25, -0.2) is 9.80 Å². The third kappa shape index (κ3) is 3.18. The third-order valence-electron chi connectivity index (χ3n) is 7.00. The van der Waals surface area contributed by atoms with E-state index >= 15 is 0 Å². The van der Waals surface area contributed by atoms with Gasteiger partial charge < -0.3 is 0 Å². The quantitative estimate of drug-likeness (QED) is 0.266. The maximum Gasteiger partial charge on any atom is 0.265 e. The Morgan fingerprint density at radius 1 is 0.579 bits per heavy atom. The summed E-state index contributed by atoms with van der Waals surface area (Å²) in [5, 5.41) is 0.576. The summed E-state index contributed by atoms with van der Waals surface area (Å²) in [6.07, 6.45) is 0. The van der Waals surface area contributed by atoms with Crippen LogP contribution in [0.1, 0.15) is 71.2 Å². The fraction of sp³-hybridized carbons (Fsp3) is 0.0645. The van der Waals surface area contributed by atoms with Crippen molar-refractivity contribution in [1.29, 1.82) is 0 Å². The molecule has 0 N–H and O–H groups in total. The van der Waals surface area contributed by atoms with Gasteiger partial charge in [0.25, 0.3) is 23.6 Å². The highest BCUT2D eigenvalue weighted by Crippen LogP contribution is 2.40. The molecule has 7 heteroatoms. The number of ketones is 1. The van der Waals surface area contributed by atoms with E-state index < -0.39 is 23.6 Å². The van der Waals surface area contributed by atoms with Gasteiger partial charge in [-0.3, -0.25) is 24.0 Å². The summed E-state index contributed by atoms with van der Waals surface area (Å²) in [5.41, 5.74) is 3.49. The van der Waals surface area contributed by atoms with Gasteiger partial charge in [-0.2, -0.15) is 0 Å². The van der Waals surface area contributed by atoms with Gasteiger partial charge in [-0.1, -0.05) is 36.4 Å². The van der Waals surface area contributed by atoms with Gasteiger partial charge in [-0.15, -0.1) is 0 Å². The van der Waals surface area contributed by atoms with Crippen LogP contribution in [0.3, 0.4) is 0 Å². The Balaban J connectivity index is 1.52. The number of carbonyl (C=O) groups excluding carboxylic acids is 5. The minimum absolute atomic E-state index is 0.196. The number of rotatable bonds is 4. The fourth-order valence-electron chi connectivity index (χ4n) is 5.12. The van der Waals surface area contributed by atoms with Crippen LogP contribution in [0.2, 0.25) is 0 Å². The number of hydrogen-bond acceptors (Lipinski definition) is 5. The van der Waals surface area contributed by atoms with Crippen molar-refractivity contribution >= 4 is 57.1 Å². The van der Waals surface area contributed by atoms with E-state index in [0.29, 0.717) is 16.6 Å². The molecule has 0 aromatic heterocycles. The Labute approximate surface area is 217 Å². The molecule has 184 valence electrons. The van der Waals surface area contributed by atoms with Crippen LogP contribution in [0.5, 0.6) is 0 Å². The molecule has 0 saturated carbocycles. The van der Waals surface area contributed by atoms with Crippen LogP contribution in [0.15, 0.2) is 79.4 Å². The number of carbonyl (C=O) groups is 5. The highest BCUT2D eigenvalue weighted by atomic mass is 16.2. The molecule has 4 amide bonds. The average Bonchev–Trinajstić information content (AvgIpc) is 2.91. The lowest BCUT2D eigenvalue weighted by molar-refractivity contribution is 0.0873. The summed E-state index contributed by atoms with van der Waals surface area (Å²) in [5.74, 6) is -2.46. The first-order chi connectivity index (χ1) is 18.2. The molecule has 0 unspecified atom stereocenters. The SMILES string of the molecule is C=C(C)c1cccc(N2C(=O)c3ccc4c5c(ccc(c35)C2=O)C(=O)N(c2cccc(C(C)=O)c2)C4=O)c1. The van der Waals surface area contributed by atoms with Crippen LogP contribution in [-0.2, 0) is 0 Å². The maximum absolute atomic E-state index is 13.6. The van der Waals surface area contributed by atoms with Crippen LogP contribution < -0.4 is 9.80 Å². The zero-order chi connectivity index (χ0) is 26.9. The van der Waals surface area contributed by atoms with E-state index in [0.717, 1.165) is 20.9 Å². The second kappa shape index (κ2) is 8.18. The number of benzene rings is 4. The number of amides is 4. The van der Waals surface area contributed by atoms with Crippen molar-refractivity contribution in [3.05, 3.63) is 113 Å². The van der Waals surface area contributed by atoms with Gasteiger partial charge in [-0.05, 0) is 67.9 Å². The molecule has 4 aromatic rings. The number of imide groups is 2. The summed E-state index contributed by atoms with van der Waals surface area (Å²) in [6.45, 7) is 7.18. The van der Waals surface area contributed by atoms with Gasteiger partial charge in [0.1, 0.15) is 0 Å². The molecule has 2 aliphatic heterocycles. The standard InChI is InChI=1S/C31H20N2O5/c1-16(2)18-6-4-8-20(14-18)32-28(35)22-10-12-24-27-25(13-11-23(26(22)27)29(32)36)31(38)33(30(24)37)21-9-5-7-19(15-21)17(3)34/h4-15H,1H2,2-3H3. The largest absolute Gasteiger partial charge is 0.295 e. The molecular formula is C31H20N2O5. The van der Waals surface area contributed by atoms with E-state index in [2.05, 4.69) is 6.58 Å². The van der Waals surface area contributed by atoms with Crippen molar-refractivity contribution in [2.45, 2.75) is 13.8 Å². The van der Waals surface area contributed by atoms with E-state index in [9.17, 15) is 24.0 Å². The summed E-state index contributed by atoms with van der Waals surface area (Å²) >= 11 is 0. The second-order valence-corrected chi connectivity index (χ2v) is 9.40. The molecule has 38 heavy (non-hydrogen) atoms. The van der Waals surface area contributed by atoms with E-state index in [-0.39, 0.29) is 39.1 Å². The molecule has 0 bridgehead atoms. The van der Waals surface area contributed by atoms with Crippen molar-refractivity contribution in [2.75, 3.05) is 9.80 Å². The average molecular weight is 501 g/mol. The lowest BCUT2D eigenvalue weighted by Gasteiger charge is -2.32. The molecule has 0 atom stereocenters. The van der Waals surface area contributed by atoms with Gasteiger partial charge in [0, 0.05) is 38.6 Å². The summed E-state index contributed by atoms with van der Waals surface area (Å²) in [4.78, 5) is 68.5. The summed E-state index contributed by atoms with van der Waals surface area (Å²) in [6, 6.07) is 19.4. The van der Waals surface area contributed by atoms with Crippen LogP contribution in [0, 0.1) is 0 Å². The number of hydrogen-bond donors (Lipinski definition) is 0. The molecule has 0 radical (unpaired) electrons. The molecule has 4 aromatic carbocycles. The maximum atomic E-state index is 13.6. The molecule has 2 aliphatic rings. The molecule has 2 heterocycles. The number of nitrogens with zero attached hydrogens (tertiary/aromatic N) is 2. The molecule has 6 rings (SSSR count). The molecule has 7 nitrogen and oxygen atoms in total. The predicted molar refractivity (Wildman–Crippen MR) is 144 cm³/mol. The number of allylic oxidation sites excluding steroid dienone is 1. The minimum Gasteiger partial charge on any atom is -0.295 e. The summed E-state index contributed by atoms with van der Waals surface area (Å²) in [7, 11) is 0. The Kier molecular flexibility index (Phi) is 5.00. The fourth-order valence-corrected chi connectivity index (χ4v) is 5.12. The zero-order valence-electron chi connectivity index (χ0n) is 20.6. The Morgan fingerprint density at radius 3 is 1.32 bits per heavy atom. The van der Waals surface area contributed by atoms with Gasteiger partial charge in [0.2, 0.25) is 0 Å². The summed E-state index contributed by atoms with van der Waals surface area (Å²) < 4.78 is 0. The molecular weight excluding hydrogens is 480 g/mol. The molecule has 0 aliphatic carbocycles. The Bertz CT molecular complexity index is 1610. The van der Waals surface area contributed by atoms with E-state index in [1.54, 1.807) is 36.4 Å². The lowest BCUT2D eigenvalue weighted by Crippen LogP contribution is -2.43. The number of Topliss-reactive ketones (excluding diaryl/α,β-unsaturated/α-hetero) is 1. The Hall–Kier alpha value is -5.17. The van der Waals surface area contributed by atoms with Crippen molar-refractivity contribution in [3.8, 4) is 0 Å². The monoisotopic (exact) mass is 500 g/mol. The number of anilines is 2. The van der Waals surface area contributed by atoms with Crippen LogP contribution in [0.25, 0.3) is 16.3 Å². The van der Waals surface area contributed by atoms with Gasteiger partial charge in [0.15, 0.2) is 5.78 Å². The topological polar surface area (TPSA) is 91.8 Å². The van der Waals surface area contributed by atoms with Crippen molar-refractivity contribution < 1.29 is 24.0 Å².